The van der Waals surface area contributed by atoms with Crippen LogP contribution in [0, 0.1) is 0 Å². The number of hydrogen-bond acceptors (Lipinski definition) is 4. The molecule has 1 aliphatic rings. The standard InChI is InChI=1S/C10H17NO4/c1-14-8-4-2-7(12)3-5-9(6-8)15-10(11)13/h3,5,7-9,12H,2,4,6H2,1H3,(H2,11,13)/b5-3+. The maximum Gasteiger partial charge on any atom is 0.405 e. The predicted molar refractivity (Wildman–Crippen MR) is 54.3 cm³/mol. The third-order valence-electron chi connectivity index (χ3n) is 2.43. The highest BCUT2D eigenvalue weighted by atomic mass is 16.6. The van der Waals surface area contributed by atoms with E-state index in [4.69, 9.17) is 15.2 Å². The first-order valence-corrected chi connectivity index (χ1v) is 4.97. The molecule has 3 N–H and O–H groups in total. The van der Waals surface area contributed by atoms with Crippen molar-refractivity contribution < 1.29 is 19.4 Å². The van der Waals surface area contributed by atoms with Crippen molar-refractivity contribution in [1.29, 1.82) is 0 Å². The van der Waals surface area contributed by atoms with Gasteiger partial charge in [-0.2, -0.15) is 0 Å². The number of aliphatic hydroxyl groups is 1. The van der Waals surface area contributed by atoms with E-state index in [1.165, 1.54) is 0 Å². The highest BCUT2D eigenvalue weighted by Crippen LogP contribution is 2.17. The topological polar surface area (TPSA) is 81.8 Å². The van der Waals surface area contributed by atoms with E-state index in [-0.39, 0.29) is 6.10 Å². The lowest BCUT2D eigenvalue weighted by molar-refractivity contribution is 0.0341. The monoisotopic (exact) mass is 215 g/mol. The molecule has 0 saturated carbocycles. The number of carbonyl (C=O) groups excluding carboxylic acids is 1. The summed E-state index contributed by atoms with van der Waals surface area (Å²) in [6, 6.07) is 0. The minimum Gasteiger partial charge on any atom is -0.442 e. The third kappa shape index (κ3) is 4.31. The third-order valence-corrected chi connectivity index (χ3v) is 2.43. The second-order valence-corrected chi connectivity index (χ2v) is 3.60. The molecule has 0 spiro atoms. The van der Waals surface area contributed by atoms with Crippen LogP contribution < -0.4 is 5.73 Å². The molecule has 5 nitrogen and oxygen atoms in total. The lowest BCUT2D eigenvalue weighted by atomic mass is 10.00. The van der Waals surface area contributed by atoms with Crippen molar-refractivity contribution in [1.82, 2.24) is 0 Å². The molecule has 1 amide bonds. The number of primary amides is 1. The van der Waals surface area contributed by atoms with Gasteiger partial charge < -0.3 is 20.3 Å². The number of aliphatic hydroxyl groups excluding tert-OH is 1. The Morgan fingerprint density at radius 1 is 1.47 bits per heavy atom. The molecule has 0 aromatic rings. The van der Waals surface area contributed by atoms with E-state index in [1.807, 2.05) is 0 Å². The Bertz CT molecular complexity index is 242. The molecule has 3 unspecified atom stereocenters. The van der Waals surface area contributed by atoms with Crippen molar-refractivity contribution in [2.75, 3.05) is 7.11 Å². The van der Waals surface area contributed by atoms with E-state index in [2.05, 4.69) is 0 Å². The molecule has 0 aromatic heterocycles. The van der Waals surface area contributed by atoms with Crippen LogP contribution in [-0.4, -0.2) is 36.6 Å². The zero-order valence-corrected chi connectivity index (χ0v) is 8.76. The molecular weight excluding hydrogens is 198 g/mol. The molecule has 1 aliphatic carbocycles. The van der Waals surface area contributed by atoms with Crippen molar-refractivity contribution in [3.8, 4) is 0 Å². The molecule has 86 valence electrons. The predicted octanol–water partition coefficient (Wildman–Crippen LogP) is 0.566. The van der Waals surface area contributed by atoms with Gasteiger partial charge in [-0.05, 0) is 18.9 Å². The van der Waals surface area contributed by atoms with Crippen molar-refractivity contribution in [2.24, 2.45) is 5.73 Å². The van der Waals surface area contributed by atoms with Gasteiger partial charge in [0.05, 0.1) is 12.2 Å². The second kappa shape index (κ2) is 5.72. The second-order valence-electron chi connectivity index (χ2n) is 3.60. The zero-order chi connectivity index (χ0) is 11.3. The molecule has 0 fully saturated rings. The van der Waals surface area contributed by atoms with Crippen LogP contribution in [-0.2, 0) is 9.47 Å². The summed E-state index contributed by atoms with van der Waals surface area (Å²) < 4.78 is 10.1. The highest BCUT2D eigenvalue weighted by molar-refractivity contribution is 5.65. The van der Waals surface area contributed by atoms with Gasteiger partial charge in [0.25, 0.3) is 0 Å². The Hall–Kier alpha value is -1.07. The van der Waals surface area contributed by atoms with Gasteiger partial charge in [0.2, 0.25) is 0 Å². The summed E-state index contributed by atoms with van der Waals surface area (Å²) in [5.41, 5.74) is 4.94. The van der Waals surface area contributed by atoms with Gasteiger partial charge in [0, 0.05) is 13.5 Å². The van der Waals surface area contributed by atoms with Crippen LogP contribution in [0.5, 0.6) is 0 Å². The smallest absolute Gasteiger partial charge is 0.405 e. The first kappa shape index (κ1) is 12.0. The van der Waals surface area contributed by atoms with Gasteiger partial charge in [0.1, 0.15) is 6.10 Å². The summed E-state index contributed by atoms with van der Waals surface area (Å²) in [5, 5.41) is 9.47. The maximum atomic E-state index is 10.6. The average Bonchev–Trinajstić information content (AvgIpc) is 2.16. The van der Waals surface area contributed by atoms with Gasteiger partial charge in [-0.1, -0.05) is 6.08 Å². The number of amides is 1. The first-order chi connectivity index (χ1) is 7.11. The number of rotatable bonds is 2. The molecular formula is C10H17NO4. The van der Waals surface area contributed by atoms with Crippen LogP contribution in [0.1, 0.15) is 19.3 Å². The van der Waals surface area contributed by atoms with Crippen LogP contribution in [0.3, 0.4) is 0 Å². The van der Waals surface area contributed by atoms with E-state index in [0.29, 0.717) is 12.8 Å². The Morgan fingerprint density at radius 3 is 2.80 bits per heavy atom. The molecule has 0 aromatic carbocycles. The number of ether oxygens (including phenoxy) is 2. The highest BCUT2D eigenvalue weighted by Gasteiger charge is 2.20. The molecule has 0 radical (unpaired) electrons. The molecule has 5 heteroatoms. The Balaban J connectivity index is 2.61. The van der Waals surface area contributed by atoms with Gasteiger partial charge in [0.15, 0.2) is 0 Å². The van der Waals surface area contributed by atoms with E-state index in [0.717, 1.165) is 6.42 Å². The van der Waals surface area contributed by atoms with Gasteiger partial charge >= 0.3 is 6.09 Å². The molecule has 0 bridgehead atoms. The fraction of sp³-hybridized carbons (Fsp3) is 0.700. The Morgan fingerprint density at radius 2 is 2.20 bits per heavy atom. The van der Waals surface area contributed by atoms with E-state index >= 15 is 0 Å². The average molecular weight is 215 g/mol. The summed E-state index contributed by atoms with van der Waals surface area (Å²) in [6.45, 7) is 0. The molecule has 15 heavy (non-hydrogen) atoms. The SMILES string of the molecule is COC1CCC(O)/C=C/C(OC(N)=O)C1. The van der Waals surface area contributed by atoms with Gasteiger partial charge in [-0.3, -0.25) is 0 Å². The van der Waals surface area contributed by atoms with Gasteiger partial charge in [-0.25, -0.2) is 4.79 Å². The van der Waals surface area contributed by atoms with Crippen molar-refractivity contribution in [2.45, 2.75) is 37.6 Å². The van der Waals surface area contributed by atoms with Gasteiger partial charge in [-0.15, -0.1) is 0 Å². The van der Waals surface area contributed by atoms with Crippen molar-refractivity contribution in [3.63, 3.8) is 0 Å². The van der Waals surface area contributed by atoms with Crippen LogP contribution in [0.2, 0.25) is 0 Å². The molecule has 0 heterocycles. The molecule has 0 aliphatic heterocycles. The number of hydrogen-bond donors (Lipinski definition) is 2. The van der Waals surface area contributed by atoms with Crippen molar-refractivity contribution in [3.05, 3.63) is 12.2 Å². The maximum absolute atomic E-state index is 10.6. The normalized spacial score (nSPS) is 33.9. The number of methoxy groups -OCH3 is 1. The van der Waals surface area contributed by atoms with E-state index in [9.17, 15) is 9.90 Å². The number of nitrogens with two attached hydrogens (primary N) is 1. The number of carbonyl (C=O) groups is 1. The van der Waals surface area contributed by atoms with Crippen LogP contribution in [0.4, 0.5) is 4.79 Å². The largest absolute Gasteiger partial charge is 0.442 e. The lowest BCUT2D eigenvalue weighted by Crippen LogP contribution is -2.28. The minimum absolute atomic E-state index is 0.0195. The fourth-order valence-electron chi connectivity index (χ4n) is 1.61. The molecule has 0 saturated heterocycles. The van der Waals surface area contributed by atoms with Crippen LogP contribution in [0.25, 0.3) is 0 Å². The summed E-state index contributed by atoms with van der Waals surface area (Å²) in [7, 11) is 1.60. The quantitative estimate of drug-likeness (QED) is 0.660. The zero-order valence-electron chi connectivity index (χ0n) is 8.76. The summed E-state index contributed by atoms with van der Waals surface area (Å²) >= 11 is 0. The lowest BCUT2D eigenvalue weighted by Gasteiger charge is -2.23. The van der Waals surface area contributed by atoms with E-state index < -0.39 is 18.3 Å². The van der Waals surface area contributed by atoms with Crippen molar-refractivity contribution >= 4 is 6.09 Å². The van der Waals surface area contributed by atoms with Crippen LogP contribution >= 0.6 is 0 Å². The first-order valence-electron chi connectivity index (χ1n) is 4.97. The summed E-state index contributed by atoms with van der Waals surface area (Å²) in [6.07, 6.45) is 3.48. The molecule has 3 atom stereocenters. The summed E-state index contributed by atoms with van der Waals surface area (Å²) in [4.78, 5) is 10.6. The Kier molecular flexibility index (Phi) is 4.58. The fourth-order valence-corrected chi connectivity index (χ4v) is 1.61. The molecule has 1 rings (SSSR count). The Labute approximate surface area is 88.9 Å². The van der Waals surface area contributed by atoms with E-state index in [1.54, 1.807) is 19.3 Å². The minimum atomic E-state index is -0.811. The van der Waals surface area contributed by atoms with Crippen LogP contribution in [0.15, 0.2) is 12.2 Å². The summed E-state index contributed by atoms with van der Waals surface area (Å²) in [5.74, 6) is 0.